The molecule has 0 aliphatic carbocycles. The molecule has 3 aromatic rings. The lowest BCUT2D eigenvalue weighted by molar-refractivity contribution is -0.479. The molecule has 0 N–H and O–H groups in total. The van der Waals surface area contributed by atoms with Gasteiger partial charge in [-0.25, -0.2) is 0 Å². The number of hydrogen-bond acceptors (Lipinski definition) is 7. The molecule has 4 rings (SSSR count). The number of benzene rings is 2. The highest BCUT2D eigenvalue weighted by Gasteiger charge is 2.26. The Balaban J connectivity index is 1.68. The summed E-state index contributed by atoms with van der Waals surface area (Å²) in [4.78, 5) is 10.9. The Morgan fingerprint density at radius 1 is 1.21 bits per heavy atom. The molecule has 28 heavy (non-hydrogen) atoms. The smallest absolute Gasteiger partial charge is 0.231 e. The lowest BCUT2D eigenvalue weighted by atomic mass is 10.1. The lowest BCUT2D eigenvalue weighted by Gasteiger charge is -2.14. The molecule has 0 bridgehead atoms. The maximum atomic E-state index is 11.3. The van der Waals surface area contributed by atoms with Crippen LogP contribution < -0.4 is 9.47 Å². The molecule has 0 saturated heterocycles. The van der Waals surface area contributed by atoms with E-state index in [2.05, 4.69) is 10.2 Å². The van der Waals surface area contributed by atoms with E-state index < -0.39 is 5.25 Å². The number of fused-ring (bicyclic) bond motifs is 1. The van der Waals surface area contributed by atoms with Crippen LogP contribution in [0.4, 0.5) is 0 Å². The van der Waals surface area contributed by atoms with Crippen molar-refractivity contribution in [3.05, 3.63) is 69.0 Å². The van der Waals surface area contributed by atoms with Crippen LogP contribution in [0.2, 0.25) is 5.02 Å². The zero-order valence-corrected chi connectivity index (χ0v) is 16.3. The molecule has 8 nitrogen and oxygen atoms in total. The predicted octanol–water partition coefficient (Wildman–Crippen LogP) is 4.07. The standard InChI is InChI=1S/C18H15ClN4O4S/c1-11-20-21-18(23(11)14-5-3-13(19)4-6-14)28-17(9-22(24)25)12-2-7-15-16(8-12)27-10-26-15/h2-8,17H,9-10H2,1H3/t17-/m0/s1. The summed E-state index contributed by atoms with van der Waals surface area (Å²) in [5, 5.41) is 20.4. The third kappa shape index (κ3) is 3.76. The van der Waals surface area contributed by atoms with E-state index in [0.717, 1.165) is 11.3 Å². The van der Waals surface area contributed by atoms with Gasteiger partial charge in [-0.15, -0.1) is 10.2 Å². The van der Waals surface area contributed by atoms with Crippen LogP contribution in [0.1, 0.15) is 16.6 Å². The molecule has 1 atom stereocenters. The first-order valence-electron chi connectivity index (χ1n) is 8.37. The van der Waals surface area contributed by atoms with Crippen molar-refractivity contribution in [3.63, 3.8) is 0 Å². The second-order valence-corrected chi connectivity index (χ2v) is 7.68. The third-order valence-corrected chi connectivity index (χ3v) is 5.64. The molecule has 1 aliphatic heterocycles. The predicted molar refractivity (Wildman–Crippen MR) is 104 cm³/mol. The van der Waals surface area contributed by atoms with E-state index in [1.54, 1.807) is 24.3 Å². The monoisotopic (exact) mass is 418 g/mol. The van der Waals surface area contributed by atoms with Crippen LogP contribution in [0.25, 0.3) is 5.69 Å². The van der Waals surface area contributed by atoms with Crippen LogP contribution >= 0.6 is 23.4 Å². The molecule has 0 fully saturated rings. The number of rotatable bonds is 6. The molecular formula is C18H15ClN4O4S. The Labute approximate surface area is 169 Å². The van der Waals surface area contributed by atoms with Gasteiger partial charge in [0, 0.05) is 15.6 Å². The maximum absolute atomic E-state index is 11.3. The molecule has 0 unspecified atom stereocenters. The van der Waals surface area contributed by atoms with Crippen LogP contribution in [-0.4, -0.2) is 33.0 Å². The zero-order chi connectivity index (χ0) is 19.7. The normalized spacial score (nSPS) is 13.5. The molecular weight excluding hydrogens is 404 g/mol. The fourth-order valence-electron chi connectivity index (χ4n) is 2.89. The number of hydrogen-bond donors (Lipinski definition) is 0. The van der Waals surface area contributed by atoms with Crippen molar-refractivity contribution in [3.8, 4) is 17.2 Å². The summed E-state index contributed by atoms with van der Waals surface area (Å²) in [6.45, 7) is 1.71. The van der Waals surface area contributed by atoms with Gasteiger partial charge in [0.1, 0.15) is 11.1 Å². The molecule has 2 aromatic carbocycles. The highest BCUT2D eigenvalue weighted by atomic mass is 35.5. The Morgan fingerprint density at radius 2 is 1.96 bits per heavy atom. The molecule has 0 radical (unpaired) electrons. The van der Waals surface area contributed by atoms with Crippen molar-refractivity contribution in [1.29, 1.82) is 0 Å². The molecule has 10 heteroatoms. The van der Waals surface area contributed by atoms with Crippen LogP contribution in [0.5, 0.6) is 11.5 Å². The minimum atomic E-state index is -0.473. The summed E-state index contributed by atoms with van der Waals surface area (Å²) < 4.78 is 12.6. The molecule has 2 heterocycles. The minimum absolute atomic E-state index is 0.149. The summed E-state index contributed by atoms with van der Waals surface area (Å²) in [6.07, 6.45) is 0. The van der Waals surface area contributed by atoms with Gasteiger partial charge in [-0.3, -0.25) is 14.7 Å². The van der Waals surface area contributed by atoms with Gasteiger partial charge in [0.15, 0.2) is 16.7 Å². The Bertz CT molecular complexity index is 1020. The number of ether oxygens (including phenoxy) is 2. The fourth-order valence-corrected chi connectivity index (χ4v) is 4.18. The lowest BCUT2D eigenvalue weighted by Crippen LogP contribution is -2.11. The van der Waals surface area contributed by atoms with E-state index in [1.165, 1.54) is 11.8 Å². The Morgan fingerprint density at radius 3 is 2.71 bits per heavy atom. The van der Waals surface area contributed by atoms with Crippen LogP contribution in [0.15, 0.2) is 47.6 Å². The maximum Gasteiger partial charge on any atom is 0.231 e. The van der Waals surface area contributed by atoms with Gasteiger partial charge in [0.25, 0.3) is 0 Å². The average molecular weight is 419 g/mol. The van der Waals surface area contributed by atoms with Crippen LogP contribution in [-0.2, 0) is 0 Å². The average Bonchev–Trinajstić information content (AvgIpc) is 3.27. The first kappa shape index (κ1) is 18.6. The van der Waals surface area contributed by atoms with E-state index in [4.69, 9.17) is 21.1 Å². The number of aryl methyl sites for hydroxylation is 1. The van der Waals surface area contributed by atoms with Crippen molar-refractivity contribution in [1.82, 2.24) is 14.8 Å². The number of thioether (sulfide) groups is 1. The van der Waals surface area contributed by atoms with E-state index in [9.17, 15) is 10.1 Å². The number of halogens is 1. The summed E-state index contributed by atoms with van der Waals surface area (Å²) >= 11 is 7.26. The first-order chi connectivity index (χ1) is 13.5. The SMILES string of the molecule is Cc1nnc(S[C@@H](C[N+](=O)[O-])c2ccc3c(c2)OCO3)n1-c1ccc(Cl)cc1. The van der Waals surface area contributed by atoms with Crippen molar-refractivity contribution < 1.29 is 14.4 Å². The molecule has 0 amide bonds. The molecule has 0 spiro atoms. The van der Waals surface area contributed by atoms with Crippen molar-refractivity contribution in [2.45, 2.75) is 17.3 Å². The molecule has 144 valence electrons. The largest absolute Gasteiger partial charge is 0.454 e. The highest BCUT2D eigenvalue weighted by molar-refractivity contribution is 7.99. The zero-order valence-electron chi connectivity index (χ0n) is 14.7. The third-order valence-electron chi connectivity index (χ3n) is 4.21. The summed E-state index contributed by atoms with van der Waals surface area (Å²) in [5.74, 6) is 1.89. The fraction of sp³-hybridized carbons (Fsp3) is 0.222. The van der Waals surface area contributed by atoms with Gasteiger partial charge in [-0.2, -0.15) is 0 Å². The number of nitrogens with zero attached hydrogens (tertiary/aromatic N) is 4. The van der Waals surface area contributed by atoms with E-state index >= 15 is 0 Å². The first-order valence-corrected chi connectivity index (χ1v) is 9.63. The van der Waals surface area contributed by atoms with Crippen molar-refractivity contribution in [2.24, 2.45) is 0 Å². The molecule has 1 aliphatic rings. The van der Waals surface area contributed by atoms with E-state index in [1.807, 2.05) is 29.7 Å². The Hall–Kier alpha value is -2.78. The van der Waals surface area contributed by atoms with Gasteiger partial charge in [0.05, 0.1) is 0 Å². The van der Waals surface area contributed by atoms with Crippen molar-refractivity contribution in [2.75, 3.05) is 13.3 Å². The van der Waals surface area contributed by atoms with Crippen LogP contribution in [0, 0.1) is 17.0 Å². The summed E-state index contributed by atoms with van der Waals surface area (Å²) in [7, 11) is 0. The van der Waals surface area contributed by atoms with Gasteiger partial charge in [0.2, 0.25) is 13.3 Å². The van der Waals surface area contributed by atoms with Gasteiger partial charge >= 0.3 is 0 Å². The second-order valence-electron chi connectivity index (χ2n) is 6.08. The van der Waals surface area contributed by atoms with Gasteiger partial charge in [-0.1, -0.05) is 29.4 Å². The highest BCUT2D eigenvalue weighted by Crippen LogP contribution is 2.40. The van der Waals surface area contributed by atoms with E-state index in [-0.39, 0.29) is 18.3 Å². The molecule has 0 saturated carbocycles. The van der Waals surface area contributed by atoms with Crippen LogP contribution in [0.3, 0.4) is 0 Å². The van der Waals surface area contributed by atoms with Gasteiger partial charge < -0.3 is 9.47 Å². The second kappa shape index (κ2) is 7.69. The number of aromatic nitrogens is 3. The summed E-state index contributed by atoms with van der Waals surface area (Å²) in [6, 6.07) is 12.6. The summed E-state index contributed by atoms with van der Waals surface area (Å²) in [5.41, 5.74) is 1.59. The quantitative estimate of drug-likeness (QED) is 0.338. The topological polar surface area (TPSA) is 92.3 Å². The van der Waals surface area contributed by atoms with Crippen molar-refractivity contribution >= 4 is 23.4 Å². The Kier molecular flexibility index (Phi) is 5.10. The van der Waals surface area contributed by atoms with Gasteiger partial charge in [-0.05, 0) is 48.9 Å². The molecule has 1 aromatic heterocycles. The minimum Gasteiger partial charge on any atom is -0.454 e. The van der Waals surface area contributed by atoms with E-state index in [0.29, 0.717) is 27.5 Å². The number of nitro groups is 1.